The molecule has 0 aliphatic rings. The molecule has 0 amide bonds. The summed E-state index contributed by atoms with van der Waals surface area (Å²) in [5.41, 5.74) is 2.81. The summed E-state index contributed by atoms with van der Waals surface area (Å²) in [4.78, 5) is 17.8. The Morgan fingerprint density at radius 3 is 2.67 bits per heavy atom. The fraction of sp³-hybridized carbons (Fsp3) is 0.0625. The first kappa shape index (κ1) is 12.2. The molecule has 2 aromatic heterocycles. The highest BCUT2D eigenvalue weighted by Crippen LogP contribution is 2.21. The van der Waals surface area contributed by atoms with E-state index in [0.717, 1.165) is 21.6 Å². The smallest absolute Gasteiger partial charge is 0.214 e. The van der Waals surface area contributed by atoms with Gasteiger partial charge in [0.25, 0.3) is 0 Å². The van der Waals surface area contributed by atoms with Crippen LogP contribution in [0.1, 0.15) is 16.2 Å². The molecule has 0 atom stereocenters. The second kappa shape index (κ2) is 4.79. The molecule has 4 rings (SSSR count). The largest absolute Gasteiger partial charge is 0.290 e. The van der Waals surface area contributed by atoms with Gasteiger partial charge in [0, 0.05) is 18.0 Å². The van der Waals surface area contributed by atoms with Crippen molar-refractivity contribution in [2.24, 2.45) is 0 Å². The molecule has 102 valence electrons. The number of imidazole rings is 1. The van der Waals surface area contributed by atoms with Crippen molar-refractivity contribution in [2.45, 2.75) is 6.42 Å². The average molecular weight is 293 g/mol. The fourth-order valence-corrected chi connectivity index (χ4v) is 3.19. The Hall–Kier alpha value is -2.53. The van der Waals surface area contributed by atoms with Gasteiger partial charge in [-0.2, -0.15) is 4.37 Å². The Kier molecular flexibility index (Phi) is 2.79. The van der Waals surface area contributed by atoms with Gasteiger partial charge in [-0.3, -0.25) is 9.20 Å². The quantitative estimate of drug-likeness (QED) is 0.544. The molecule has 0 aliphatic heterocycles. The monoisotopic (exact) mass is 293 g/mol. The highest BCUT2D eigenvalue weighted by atomic mass is 32.1. The minimum absolute atomic E-state index is 0.00982. The molecule has 0 saturated heterocycles. The lowest BCUT2D eigenvalue weighted by molar-refractivity contribution is 0.0983. The van der Waals surface area contributed by atoms with Gasteiger partial charge in [-0.05, 0) is 17.7 Å². The zero-order valence-corrected chi connectivity index (χ0v) is 11.9. The number of benzene rings is 2. The summed E-state index contributed by atoms with van der Waals surface area (Å²) in [6.45, 7) is 0. The van der Waals surface area contributed by atoms with Gasteiger partial charge in [-0.1, -0.05) is 42.5 Å². The Morgan fingerprint density at radius 2 is 1.81 bits per heavy atom. The number of para-hydroxylation sites is 2. The van der Waals surface area contributed by atoms with Gasteiger partial charge in [0.1, 0.15) is 0 Å². The third-order valence-corrected chi connectivity index (χ3v) is 4.11. The fourth-order valence-electron chi connectivity index (χ4n) is 2.43. The first-order valence-electron chi connectivity index (χ1n) is 6.63. The molecule has 0 bridgehead atoms. The number of fused-ring (bicyclic) bond motifs is 3. The number of hydrogen-bond donors (Lipinski definition) is 0. The Balaban J connectivity index is 1.81. The molecule has 21 heavy (non-hydrogen) atoms. The zero-order chi connectivity index (χ0) is 14.2. The average Bonchev–Trinajstić information content (AvgIpc) is 3.07. The van der Waals surface area contributed by atoms with Crippen molar-refractivity contribution in [3.8, 4) is 0 Å². The van der Waals surface area contributed by atoms with E-state index in [9.17, 15) is 4.79 Å². The second-order valence-electron chi connectivity index (χ2n) is 4.81. The van der Waals surface area contributed by atoms with Crippen LogP contribution < -0.4 is 0 Å². The lowest BCUT2D eigenvalue weighted by atomic mass is 10.1. The van der Waals surface area contributed by atoms with Crippen molar-refractivity contribution in [1.29, 1.82) is 0 Å². The summed E-state index contributed by atoms with van der Waals surface area (Å²) in [6, 6.07) is 17.5. The second-order valence-corrected chi connectivity index (χ2v) is 5.54. The highest BCUT2D eigenvalue weighted by Gasteiger charge is 2.18. The predicted octanol–water partition coefficient (Wildman–Crippen LogP) is 3.37. The number of hydrogen-bond acceptors (Lipinski definition) is 4. The maximum absolute atomic E-state index is 12.5. The summed E-state index contributed by atoms with van der Waals surface area (Å²) >= 11 is 1.26. The third-order valence-electron chi connectivity index (χ3n) is 3.41. The summed E-state index contributed by atoms with van der Waals surface area (Å²) in [7, 11) is 0. The molecule has 5 heteroatoms. The van der Waals surface area contributed by atoms with Crippen LogP contribution in [0.2, 0.25) is 0 Å². The molecule has 0 fully saturated rings. The minimum atomic E-state index is 0.00982. The van der Waals surface area contributed by atoms with Gasteiger partial charge < -0.3 is 0 Å². The molecule has 0 aliphatic carbocycles. The molecule has 2 aromatic carbocycles. The van der Waals surface area contributed by atoms with Crippen LogP contribution in [0.3, 0.4) is 0 Å². The Morgan fingerprint density at radius 1 is 1.05 bits per heavy atom. The van der Waals surface area contributed by atoms with E-state index in [1.807, 2.05) is 59.0 Å². The number of aromatic nitrogens is 3. The number of Topliss-reactive ketones (excluding diaryl/α,β-unsaturated/α-hetero) is 1. The SMILES string of the molecule is O=C(Cc1ccccc1)c1nsc2nc3ccccc3n12. The van der Waals surface area contributed by atoms with E-state index in [4.69, 9.17) is 0 Å². The highest BCUT2D eigenvalue weighted by molar-refractivity contribution is 7.11. The van der Waals surface area contributed by atoms with Crippen molar-refractivity contribution in [1.82, 2.24) is 13.8 Å². The van der Waals surface area contributed by atoms with Crippen molar-refractivity contribution >= 4 is 33.3 Å². The summed E-state index contributed by atoms with van der Waals surface area (Å²) in [6.07, 6.45) is 0.353. The van der Waals surface area contributed by atoms with Crippen LogP contribution in [-0.2, 0) is 6.42 Å². The predicted molar refractivity (Wildman–Crippen MR) is 82.8 cm³/mol. The summed E-state index contributed by atoms with van der Waals surface area (Å²) in [5, 5.41) is 0. The normalized spacial score (nSPS) is 11.2. The zero-order valence-electron chi connectivity index (χ0n) is 11.1. The first-order valence-corrected chi connectivity index (χ1v) is 7.40. The van der Waals surface area contributed by atoms with Gasteiger partial charge in [0.15, 0.2) is 5.82 Å². The number of carbonyl (C=O) groups is 1. The van der Waals surface area contributed by atoms with Crippen LogP contribution >= 0.6 is 11.5 Å². The van der Waals surface area contributed by atoms with E-state index in [0.29, 0.717) is 12.2 Å². The standard InChI is InChI=1S/C16H11N3OS/c20-14(10-11-6-2-1-3-7-11)15-18-21-16-17-12-8-4-5-9-13(12)19(15)16/h1-9H,10H2. The van der Waals surface area contributed by atoms with Gasteiger partial charge >= 0.3 is 0 Å². The Labute approximate surface area is 124 Å². The molecular weight excluding hydrogens is 282 g/mol. The molecule has 0 spiro atoms. The van der Waals surface area contributed by atoms with E-state index in [-0.39, 0.29) is 5.78 Å². The maximum atomic E-state index is 12.5. The van der Waals surface area contributed by atoms with E-state index < -0.39 is 0 Å². The van der Waals surface area contributed by atoms with E-state index in [1.54, 1.807) is 0 Å². The van der Waals surface area contributed by atoms with Gasteiger partial charge in [0.2, 0.25) is 10.7 Å². The lowest BCUT2D eigenvalue weighted by Crippen LogP contribution is -2.08. The summed E-state index contributed by atoms with van der Waals surface area (Å²) in [5.74, 6) is 0.475. The van der Waals surface area contributed by atoms with Crippen LogP contribution in [0.4, 0.5) is 0 Å². The van der Waals surface area contributed by atoms with Crippen LogP contribution in [-0.4, -0.2) is 19.5 Å². The molecule has 0 unspecified atom stereocenters. The minimum Gasteiger partial charge on any atom is -0.290 e. The summed E-state index contributed by atoms with van der Waals surface area (Å²) < 4.78 is 6.15. The van der Waals surface area contributed by atoms with E-state index >= 15 is 0 Å². The number of rotatable bonds is 3. The van der Waals surface area contributed by atoms with Crippen LogP contribution in [0.25, 0.3) is 16.0 Å². The lowest BCUT2D eigenvalue weighted by Gasteiger charge is -2.00. The topological polar surface area (TPSA) is 47.3 Å². The van der Waals surface area contributed by atoms with Crippen molar-refractivity contribution < 1.29 is 4.79 Å². The molecule has 0 radical (unpaired) electrons. The third kappa shape index (κ3) is 2.02. The van der Waals surface area contributed by atoms with Gasteiger partial charge in [0.05, 0.1) is 11.0 Å². The molecule has 0 N–H and O–H groups in total. The Bertz CT molecular complexity index is 940. The number of carbonyl (C=O) groups excluding carboxylic acids is 1. The van der Waals surface area contributed by atoms with E-state index in [1.165, 1.54) is 11.5 Å². The van der Waals surface area contributed by atoms with Crippen molar-refractivity contribution in [3.05, 3.63) is 66.0 Å². The van der Waals surface area contributed by atoms with Crippen LogP contribution in [0.15, 0.2) is 54.6 Å². The van der Waals surface area contributed by atoms with Gasteiger partial charge in [-0.25, -0.2) is 4.98 Å². The van der Waals surface area contributed by atoms with Crippen LogP contribution in [0, 0.1) is 0 Å². The first-order chi connectivity index (χ1) is 10.3. The molecule has 4 nitrogen and oxygen atoms in total. The molecule has 4 aromatic rings. The van der Waals surface area contributed by atoms with Crippen molar-refractivity contribution in [2.75, 3.05) is 0 Å². The van der Waals surface area contributed by atoms with Gasteiger partial charge in [-0.15, -0.1) is 0 Å². The molecule has 2 heterocycles. The van der Waals surface area contributed by atoms with E-state index in [2.05, 4.69) is 9.36 Å². The maximum Gasteiger partial charge on any atom is 0.214 e. The molecular formula is C16H11N3OS. The number of nitrogens with zero attached hydrogens (tertiary/aromatic N) is 3. The van der Waals surface area contributed by atoms with Crippen LogP contribution in [0.5, 0.6) is 0 Å². The number of ketones is 1. The molecule has 0 saturated carbocycles. The van der Waals surface area contributed by atoms with Crippen molar-refractivity contribution in [3.63, 3.8) is 0 Å².